The minimum atomic E-state index is 0.603. The van der Waals surface area contributed by atoms with Gasteiger partial charge in [0.2, 0.25) is 5.89 Å². The molecule has 23 heavy (non-hydrogen) atoms. The van der Waals surface area contributed by atoms with Crippen molar-refractivity contribution in [1.29, 1.82) is 0 Å². The van der Waals surface area contributed by atoms with Crippen molar-refractivity contribution in [3.63, 3.8) is 0 Å². The van der Waals surface area contributed by atoms with E-state index in [-0.39, 0.29) is 0 Å². The van der Waals surface area contributed by atoms with Crippen LogP contribution in [0.15, 0.2) is 59.1 Å². The van der Waals surface area contributed by atoms with Crippen molar-refractivity contribution in [2.24, 2.45) is 0 Å². The first kappa shape index (κ1) is 16.1. The fourth-order valence-corrected chi connectivity index (χ4v) is 2.82. The molecule has 0 aliphatic rings. The highest BCUT2D eigenvalue weighted by Crippen LogP contribution is 2.23. The summed E-state index contributed by atoms with van der Waals surface area (Å²) in [5.74, 6) is 1.45. The van der Waals surface area contributed by atoms with E-state index in [1.54, 1.807) is 12.3 Å². The molecule has 0 spiro atoms. The topological polar surface area (TPSA) is 29.3 Å². The molecule has 0 N–H and O–H groups in total. The number of oxazole rings is 1. The van der Waals surface area contributed by atoms with Crippen LogP contribution in [0.25, 0.3) is 11.3 Å². The number of halogens is 2. The van der Waals surface area contributed by atoms with E-state index in [1.807, 2.05) is 49.5 Å². The molecule has 1 aromatic heterocycles. The zero-order valence-corrected chi connectivity index (χ0v) is 14.2. The van der Waals surface area contributed by atoms with Crippen molar-refractivity contribution in [2.45, 2.75) is 13.1 Å². The fourth-order valence-electron chi connectivity index (χ4n) is 2.35. The van der Waals surface area contributed by atoms with Crippen LogP contribution in [0.4, 0.5) is 0 Å². The minimum absolute atomic E-state index is 0.603. The lowest BCUT2D eigenvalue weighted by atomic mass is 10.2. The van der Waals surface area contributed by atoms with Gasteiger partial charge >= 0.3 is 0 Å². The van der Waals surface area contributed by atoms with Crippen LogP contribution in [0.1, 0.15) is 11.5 Å². The Labute approximate surface area is 145 Å². The number of aromatic nitrogens is 1. The van der Waals surface area contributed by atoms with Gasteiger partial charge in [0.15, 0.2) is 5.76 Å². The summed E-state index contributed by atoms with van der Waals surface area (Å²) in [6.45, 7) is 1.30. The zero-order chi connectivity index (χ0) is 16.2. The molecular weight excluding hydrogens is 331 g/mol. The lowest BCUT2D eigenvalue weighted by Crippen LogP contribution is -2.17. The van der Waals surface area contributed by atoms with Crippen LogP contribution in [-0.4, -0.2) is 16.9 Å². The quantitative estimate of drug-likeness (QED) is 0.629. The van der Waals surface area contributed by atoms with E-state index < -0.39 is 0 Å². The van der Waals surface area contributed by atoms with Gasteiger partial charge in [-0.05, 0) is 24.7 Å². The van der Waals surface area contributed by atoms with E-state index in [2.05, 4.69) is 9.88 Å². The lowest BCUT2D eigenvalue weighted by molar-refractivity contribution is 0.283. The third-order valence-corrected chi connectivity index (χ3v) is 4.06. The highest BCUT2D eigenvalue weighted by molar-refractivity contribution is 6.35. The molecule has 0 amide bonds. The summed E-state index contributed by atoms with van der Waals surface area (Å²) in [4.78, 5) is 6.44. The normalized spacial score (nSPS) is 11.1. The van der Waals surface area contributed by atoms with Crippen molar-refractivity contribution in [2.75, 3.05) is 7.05 Å². The molecule has 1 heterocycles. The summed E-state index contributed by atoms with van der Waals surface area (Å²) in [6.07, 6.45) is 1.76. The predicted octanol–water partition coefficient (Wildman–Crippen LogP) is 5.28. The van der Waals surface area contributed by atoms with Crippen LogP contribution in [-0.2, 0) is 13.1 Å². The fraction of sp³-hybridized carbons (Fsp3) is 0.167. The van der Waals surface area contributed by atoms with Crippen LogP contribution in [0.5, 0.6) is 0 Å². The molecule has 0 fully saturated rings. The Kier molecular flexibility index (Phi) is 5.01. The molecule has 3 rings (SSSR count). The summed E-state index contributed by atoms with van der Waals surface area (Å²) in [5.41, 5.74) is 2.04. The van der Waals surface area contributed by atoms with Gasteiger partial charge in [-0.1, -0.05) is 59.6 Å². The van der Waals surface area contributed by atoms with Crippen molar-refractivity contribution in [3.8, 4) is 11.3 Å². The Bertz CT molecular complexity index is 787. The lowest BCUT2D eigenvalue weighted by Gasteiger charge is -2.15. The van der Waals surface area contributed by atoms with E-state index >= 15 is 0 Å². The molecule has 3 nitrogen and oxygen atoms in total. The highest BCUT2D eigenvalue weighted by atomic mass is 35.5. The Hall–Kier alpha value is -1.81. The Morgan fingerprint density at radius 2 is 1.83 bits per heavy atom. The van der Waals surface area contributed by atoms with Crippen LogP contribution < -0.4 is 0 Å². The van der Waals surface area contributed by atoms with Gasteiger partial charge in [0, 0.05) is 22.2 Å². The summed E-state index contributed by atoms with van der Waals surface area (Å²) < 4.78 is 5.82. The monoisotopic (exact) mass is 346 g/mol. The molecule has 118 valence electrons. The third-order valence-electron chi connectivity index (χ3n) is 3.47. The van der Waals surface area contributed by atoms with Crippen LogP contribution >= 0.6 is 23.2 Å². The van der Waals surface area contributed by atoms with Gasteiger partial charge in [-0.3, -0.25) is 4.90 Å². The number of hydrogen-bond acceptors (Lipinski definition) is 3. The van der Waals surface area contributed by atoms with Crippen LogP contribution in [0.3, 0.4) is 0 Å². The van der Waals surface area contributed by atoms with Crippen molar-refractivity contribution in [1.82, 2.24) is 9.88 Å². The second kappa shape index (κ2) is 7.18. The number of benzene rings is 2. The average molecular weight is 347 g/mol. The van der Waals surface area contributed by atoms with Gasteiger partial charge in [0.1, 0.15) is 0 Å². The smallest absolute Gasteiger partial charge is 0.209 e. The zero-order valence-electron chi connectivity index (χ0n) is 12.7. The first-order valence-corrected chi connectivity index (χ1v) is 8.00. The standard InChI is InChI=1S/C18H16Cl2N2O/c1-22(11-14-7-8-15(19)9-16(14)20)12-18-21-10-17(23-18)13-5-3-2-4-6-13/h2-10H,11-12H2,1H3. The average Bonchev–Trinajstić information content (AvgIpc) is 2.99. The molecule has 0 bridgehead atoms. The Balaban J connectivity index is 1.66. The third kappa shape index (κ3) is 4.14. The van der Waals surface area contributed by atoms with E-state index in [1.165, 1.54) is 0 Å². The molecule has 0 aliphatic carbocycles. The SMILES string of the molecule is CN(Cc1ncc(-c2ccccc2)o1)Cc1ccc(Cl)cc1Cl. The maximum Gasteiger partial charge on any atom is 0.209 e. The second-order valence-corrected chi connectivity index (χ2v) is 6.24. The number of hydrogen-bond donors (Lipinski definition) is 0. The summed E-state index contributed by atoms with van der Waals surface area (Å²) >= 11 is 12.1. The molecule has 0 radical (unpaired) electrons. The van der Waals surface area contributed by atoms with Crippen molar-refractivity contribution >= 4 is 23.2 Å². The molecule has 0 unspecified atom stereocenters. The summed E-state index contributed by atoms with van der Waals surface area (Å²) in [6, 6.07) is 15.5. The summed E-state index contributed by atoms with van der Waals surface area (Å²) in [5, 5.41) is 1.31. The van der Waals surface area contributed by atoms with E-state index in [4.69, 9.17) is 27.6 Å². The molecule has 0 atom stereocenters. The van der Waals surface area contributed by atoms with Crippen LogP contribution in [0.2, 0.25) is 10.0 Å². The first-order valence-electron chi connectivity index (χ1n) is 7.24. The molecule has 3 aromatic rings. The van der Waals surface area contributed by atoms with Crippen molar-refractivity contribution < 1.29 is 4.42 Å². The predicted molar refractivity (Wildman–Crippen MR) is 93.6 cm³/mol. The largest absolute Gasteiger partial charge is 0.439 e. The second-order valence-electron chi connectivity index (χ2n) is 5.39. The number of rotatable bonds is 5. The van der Waals surface area contributed by atoms with E-state index in [0.717, 1.165) is 16.9 Å². The highest BCUT2D eigenvalue weighted by Gasteiger charge is 2.10. The number of nitrogens with zero attached hydrogens (tertiary/aromatic N) is 2. The van der Waals surface area contributed by atoms with Gasteiger partial charge < -0.3 is 4.42 Å². The molecule has 0 saturated carbocycles. The van der Waals surface area contributed by atoms with Gasteiger partial charge in [-0.15, -0.1) is 0 Å². The summed E-state index contributed by atoms with van der Waals surface area (Å²) in [7, 11) is 2.00. The van der Waals surface area contributed by atoms with Crippen LogP contribution in [0, 0.1) is 0 Å². The van der Waals surface area contributed by atoms with Gasteiger partial charge in [0.25, 0.3) is 0 Å². The van der Waals surface area contributed by atoms with Gasteiger partial charge in [-0.25, -0.2) is 4.98 Å². The minimum Gasteiger partial charge on any atom is -0.439 e. The molecule has 2 aromatic carbocycles. The van der Waals surface area contributed by atoms with Gasteiger partial charge in [0.05, 0.1) is 12.7 Å². The first-order chi connectivity index (χ1) is 11.1. The maximum absolute atomic E-state index is 6.21. The molecule has 5 heteroatoms. The Morgan fingerprint density at radius 3 is 2.57 bits per heavy atom. The Morgan fingerprint density at radius 1 is 1.04 bits per heavy atom. The molecule has 0 aliphatic heterocycles. The maximum atomic E-state index is 6.21. The van der Waals surface area contributed by atoms with E-state index in [9.17, 15) is 0 Å². The molecular formula is C18H16Cl2N2O. The van der Waals surface area contributed by atoms with Crippen molar-refractivity contribution in [3.05, 3.63) is 76.2 Å². The molecule has 0 saturated heterocycles. The van der Waals surface area contributed by atoms with Gasteiger partial charge in [-0.2, -0.15) is 0 Å². The van der Waals surface area contributed by atoms with E-state index in [0.29, 0.717) is 29.0 Å².